The Labute approximate surface area is 95.6 Å². The Hall–Kier alpha value is -0.450. The number of aromatic nitrogens is 1. The lowest BCUT2D eigenvalue weighted by atomic mass is 10.1. The summed E-state index contributed by atoms with van der Waals surface area (Å²) in [6, 6.07) is 0.359. The van der Waals surface area contributed by atoms with Crippen molar-refractivity contribution in [1.82, 2.24) is 10.3 Å². The molecule has 1 rings (SSSR count). The quantitative estimate of drug-likeness (QED) is 0.784. The fraction of sp³-hybridized carbons (Fsp3) is 0.727. The minimum atomic E-state index is 0.275. The average Bonchev–Trinajstić information content (AvgIpc) is 2.62. The highest BCUT2D eigenvalue weighted by molar-refractivity contribution is 7.11. The number of aliphatic hydroxyl groups is 1. The standard InChI is InChI=1S/C11H20N2OS/c1-8(4-5-14)6-12-9(2)11-7-13-10(3)15-11/h7-9,12,14H,4-6H2,1-3H3. The van der Waals surface area contributed by atoms with Crippen molar-refractivity contribution in [3.8, 4) is 0 Å². The van der Waals surface area contributed by atoms with Gasteiger partial charge in [-0.3, -0.25) is 0 Å². The monoisotopic (exact) mass is 228 g/mol. The minimum absolute atomic E-state index is 0.275. The van der Waals surface area contributed by atoms with Crippen LogP contribution in [0.25, 0.3) is 0 Å². The topological polar surface area (TPSA) is 45.2 Å². The summed E-state index contributed by atoms with van der Waals surface area (Å²) in [5.74, 6) is 0.520. The van der Waals surface area contributed by atoms with E-state index in [1.807, 2.05) is 13.1 Å². The summed E-state index contributed by atoms with van der Waals surface area (Å²) in [4.78, 5) is 5.52. The van der Waals surface area contributed by atoms with Crippen molar-refractivity contribution in [3.63, 3.8) is 0 Å². The van der Waals surface area contributed by atoms with Gasteiger partial charge in [-0.25, -0.2) is 4.98 Å². The third kappa shape index (κ3) is 4.28. The largest absolute Gasteiger partial charge is 0.396 e. The van der Waals surface area contributed by atoms with Crippen molar-refractivity contribution >= 4 is 11.3 Å². The van der Waals surface area contributed by atoms with Crippen LogP contribution in [0.3, 0.4) is 0 Å². The molecule has 0 spiro atoms. The van der Waals surface area contributed by atoms with Gasteiger partial charge < -0.3 is 10.4 Å². The van der Waals surface area contributed by atoms with Gasteiger partial charge in [0.1, 0.15) is 0 Å². The Morgan fingerprint density at radius 2 is 2.27 bits per heavy atom. The third-order valence-corrected chi connectivity index (χ3v) is 3.56. The highest BCUT2D eigenvalue weighted by Gasteiger charge is 2.09. The molecule has 2 atom stereocenters. The van der Waals surface area contributed by atoms with Crippen molar-refractivity contribution in [3.05, 3.63) is 16.1 Å². The molecular formula is C11H20N2OS. The van der Waals surface area contributed by atoms with E-state index in [0.717, 1.165) is 18.0 Å². The fourth-order valence-electron chi connectivity index (χ4n) is 1.38. The molecule has 4 heteroatoms. The molecule has 0 fully saturated rings. The Kier molecular flexibility index (Phi) is 5.22. The second kappa shape index (κ2) is 6.20. The van der Waals surface area contributed by atoms with Crippen LogP contribution in [0.5, 0.6) is 0 Å². The molecule has 0 amide bonds. The zero-order valence-corrected chi connectivity index (χ0v) is 10.5. The lowest BCUT2D eigenvalue weighted by Crippen LogP contribution is -2.24. The molecule has 0 radical (unpaired) electrons. The van der Waals surface area contributed by atoms with E-state index in [1.165, 1.54) is 4.88 Å². The average molecular weight is 228 g/mol. The van der Waals surface area contributed by atoms with Gasteiger partial charge >= 0.3 is 0 Å². The van der Waals surface area contributed by atoms with Gasteiger partial charge in [0.15, 0.2) is 0 Å². The summed E-state index contributed by atoms with van der Waals surface area (Å²) in [5, 5.41) is 13.4. The molecule has 0 aromatic carbocycles. The van der Waals surface area contributed by atoms with Crippen molar-refractivity contribution in [2.24, 2.45) is 5.92 Å². The molecule has 0 aliphatic rings. The summed E-state index contributed by atoms with van der Waals surface area (Å²) < 4.78 is 0. The van der Waals surface area contributed by atoms with Crippen LogP contribution < -0.4 is 5.32 Å². The number of aryl methyl sites for hydroxylation is 1. The lowest BCUT2D eigenvalue weighted by molar-refractivity contribution is 0.258. The van der Waals surface area contributed by atoms with Crippen LogP contribution in [0.15, 0.2) is 6.20 Å². The number of hydrogen-bond donors (Lipinski definition) is 2. The smallest absolute Gasteiger partial charge is 0.0897 e. The van der Waals surface area contributed by atoms with Gasteiger partial charge in [0, 0.05) is 23.7 Å². The molecule has 1 aromatic heterocycles. The molecule has 0 aliphatic carbocycles. The van der Waals surface area contributed by atoms with E-state index in [4.69, 9.17) is 5.11 Å². The number of nitrogens with zero attached hydrogens (tertiary/aromatic N) is 1. The van der Waals surface area contributed by atoms with Gasteiger partial charge in [-0.15, -0.1) is 11.3 Å². The molecule has 0 aliphatic heterocycles. The summed E-state index contributed by atoms with van der Waals surface area (Å²) in [7, 11) is 0. The molecule has 15 heavy (non-hydrogen) atoms. The number of thiazole rings is 1. The highest BCUT2D eigenvalue weighted by atomic mass is 32.1. The second-order valence-electron chi connectivity index (χ2n) is 4.03. The molecule has 2 N–H and O–H groups in total. The van der Waals surface area contributed by atoms with Crippen LogP contribution in [0, 0.1) is 12.8 Å². The van der Waals surface area contributed by atoms with E-state index in [1.54, 1.807) is 11.3 Å². The number of aliphatic hydroxyl groups excluding tert-OH is 1. The summed E-state index contributed by atoms with van der Waals surface area (Å²) in [6.45, 7) is 7.54. The zero-order valence-electron chi connectivity index (χ0n) is 9.66. The van der Waals surface area contributed by atoms with E-state index in [2.05, 4.69) is 24.1 Å². The maximum Gasteiger partial charge on any atom is 0.0897 e. The van der Waals surface area contributed by atoms with Crippen molar-refractivity contribution in [1.29, 1.82) is 0 Å². The third-order valence-electron chi connectivity index (χ3n) is 2.46. The first kappa shape index (κ1) is 12.6. The molecule has 0 bridgehead atoms. The fourth-order valence-corrected chi connectivity index (χ4v) is 2.19. The second-order valence-corrected chi connectivity index (χ2v) is 5.30. The van der Waals surface area contributed by atoms with Gasteiger partial charge in [-0.05, 0) is 32.7 Å². The molecule has 3 nitrogen and oxygen atoms in total. The molecule has 1 aromatic rings. The van der Waals surface area contributed by atoms with Crippen LogP contribution in [0.4, 0.5) is 0 Å². The van der Waals surface area contributed by atoms with Gasteiger partial charge in [0.05, 0.1) is 5.01 Å². The van der Waals surface area contributed by atoms with E-state index in [9.17, 15) is 0 Å². The first-order valence-corrected chi connectivity index (χ1v) is 6.21. The Morgan fingerprint density at radius 3 is 2.80 bits per heavy atom. The highest BCUT2D eigenvalue weighted by Crippen LogP contribution is 2.19. The van der Waals surface area contributed by atoms with Crippen LogP contribution in [0.2, 0.25) is 0 Å². The van der Waals surface area contributed by atoms with Crippen LogP contribution in [0.1, 0.15) is 36.2 Å². The number of nitrogens with one attached hydrogen (secondary N) is 1. The summed E-state index contributed by atoms with van der Waals surface area (Å²) in [6.07, 6.45) is 2.80. The van der Waals surface area contributed by atoms with Crippen molar-refractivity contribution < 1.29 is 5.11 Å². The number of hydrogen-bond acceptors (Lipinski definition) is 4. The molecule has 86 valence electrons. The Morgan fingerprint density at radius 1 is 1.53 bits per heavy atom. The Bertz CT molecular complexity index is 288. The molecule has 1 heterocycles. The van der Waals surface area contributed by atoms with E-state index in [-0.39, 0.29) is 6.61 Å². The van der Waals surface area contributed by atoms with E-state index < -0.39 is 0 Å². The van der Waals surface area contributed by atoms with Crippen molar-refractivity contribution in [2.75, 3.05) is 13.2 Å². The zero-order chi connectivity index (χ0) is 11.3. The SMILES string of the molecule is Cc1ncc(C(C)NCC(C)CCO)s1. The maximum atomic E-state index is 8.79. The molecule has 0 saturated heterocycles. The van der Waals surface area contributed by atoms with Gasteiger partial charge in [0.25, 0.3) is 0 Å². The predicted molar refractivity (Wildman–Crippen MR) is 64.1 cm³/mol. The minimum Gasteiger partial charge on any atom is -0.396 e. The van der Waals surface area contributed by atoms with Crippen LogP contribution in [-0.4, -0.2) is 23.2 Å². The van der Waals surface area contributed by atoms with Gasteiger partial charge in [-0.1, -0.05) is 6.92 Å². The maximum absolute atomic E-state index is 8.79. The normalized spacial score (nSPS) is 15.2. The lowest BCUT2D eigenvalue weighted by Gasteiger charge is -2.15. The van der Waals surface area contributed by atoms with Crippen LogP contribution >= 0.6 is 11.3 Å². The Balaban J connectivity index is 2.33. The van der Waals surface area contributed by atoms with E-state index in [0.29, 0.717) is 12.0 Å². The number of rotatable bonds is 6. The van der Waals surface area contributed by atoms with Gasteiger partial charge in [-0.2, -0.15) is 0 Å². The summed E-state index contributed by atoms with van der Waals surface area (Å²) >= 11 is 1.74. The molecular weight excluding hydrogens is 208 g/mol. The molecule has 0 saturated carbocycles. The first-order valence-electron chi connectivity index (χ1n) is 5.40. The summed E-state index contributed by atoms with van der Waals surface area (Å²) in [5.41, 5.74) is 0. The molecule has 2 unspecified atom stereocenters. The first-order chi connectivity index (χ1) is 7.13. The van der Waals surface area contributed by atoms with Gasteiger partial charge in [0.2, 0.25) is 0 Å². The van der Waals surface area contributed by atoms with Crippen LogP contribution in [-0.2, 0) is 0 Å². The predicted octanol–water partition coefficient (Wildman–Crippen LogP) is 2.12. The van der Waals surface area contributed by atoms with Crippen molar-refractivity contribution in [2.45, 2.75) is 33.2 Å². The van der Waals surface area contributed by atoms with E-state index >= 15 is 0 Å².